The summed E-state index contributed by atoms with van der Waals surface area (Å²) in [4.78, 5) is 2.60. The number of hydrogen-bond acceptors (Lipinski definition) is 2. The third-order valence-electron chi connectivity index (χ3n) is 4.12. The van der Waals surface area contributed by atoms with E-state index in [1.807, 2.05) is 0 Å². The Morgan fingerprint density at radius 1 is 1.25 bits per heavy atom. The zero-order valence-electron chi connectivity index (χ0n) is 13.6. The molecule has 1 unspecified atom stereocenters. The zero-order valence-corrected chi connectivity index (χ0v) is 13.6. The number of benzene rings is 1. The van der Waals surface area contributed by atoms with E-state index >= 15 is 0 Å². The van der Waals surface area contributed by atoms with E-state index in [1.54, 1.807) is 0 Å². The van der Waals surface area contributed by atoms with Crippen molar-refractivity contribution in [3.8, 4) is 0 Å². The highest BCUT2D eigenvalue weighted by Crippen LogP contribution is 2.27. The van der Waals surface area contributed by atoms with Gasteiger partial charge in [0.25, 0.3) is 0 Å². The highest BCUT2D eigenvalue weighted by Gasteiger charge is 2.22. The summed E-state index contributed by atoms with van der Waals surface area (Å²) in [6.07, 6.45) is 3.75. The molecule has 1 aromatic carbocycles. The lowest BCUT2D eigenvalue weighted by Gasteiger charge is -2.30. The van der Waals surface area contributed by atoms with Crippen molar-refractivity contribution in [2.24, 2.45) is 5.41 Å². The maximum atomic E-state index is 3.72. The maximum Gasteiger partial charge on any atom is 0.0412 e. The molecule has 112 valence electrons. The molecule has 1 N–H and O–H groups in total. The number of fused-ring (bicyclic) bond motifs is 1. The van der Waals surface area contributed by atoms with Crippen molar-refractivity contribution in [1.82, 2.24) is 5.32 Å². The quantitative estimate of drug-likeness (QED) is 0.885. The Kier molecular flexibility index (Phi) is 5.09. The molecule has 0 spiro atoms. The van der Waals surface area contributed by atoms with Crippen LogP contribution < -0.4 is 10.2 Å². The lowest BCUT2D eigenvalue weighted by Crippen LogP contribution is -2.39. The Morgan fingerprint density at radius 3 is 2.70 bits per heavy atom. The van der Waals surface area contributed by atoms with Gasteiger partial charge in [-0.3, -0.25) is 0 Å². The van der Waals surface area contributed by atoms with Crippen LogP contribution in [0, 0.1) is 5.41 Å². The van der Waals surface area contributed by atoms with Crippen LogP contribution in [0.25, 0.3) is 0 Å². The summed E-state index contributed by atoms with van der Waals surface area (Å²) in [5.74, 6) is 0. The van der Waals surface area contributed by atoms with Gasteiger partial charge in [0.05, 0.1) is 0 Å². The van der Waals surface area contributed by atoms with Gasteiger partial charge >= 0.3 is 0 Å². The molecule has 0 saturated heterocycles. The molecule has 1 aliphatic rings. The third kappa shape index (κ3) is 4.24. The predicted octanol–water partition coefficient (Wildman–Crippen LogP) is 4.20. The van der Waals surface area contributed by atoms with Crippen molar-refractivity contribution >= 4 is 5.69 Å². The molecule has 0 aromatic heterocycles. The fourth-order valence-corrected chi connectivity index (χ4v) is 2.88. The normalized spacial score (nSPS) is 19.6. The number of rotatable bonds is 4. The molecule has 0 saturated carbocycles. The van der Waals surface area contributed by atoms with Gasteiger partial charge in [-0.1, -0.05) is 52.3 Å². The molecule has 0 amide bonds. The molecule has 0 radical (unpaired) electrons. The Morgan fingerprint density at radius 2 is 2.00 bits per heavy atom. The lowest BCUT2D eigenvalue weighted by atomic mass is 9.92. The van der Waals surface area contributed by atoms with Crippen molar-refractivity contribution in [1.29, 1.82) is 0 Å². The van der Waals surface area contributed by atoms with Crippen LogP contribution in [0.15, 0.2) is 24.3 Å². The van der Waals surface area contributed by atoms with Crippen LogP contribution in [0.4, 0.5) is 5.69 Å². The van der Waals surface area contributed by atoms with Crippen LogP contribution in [0.5, 0.6) is 0 Å². The van der Waals surface area contributed by atoms with Gasteiger partial charge in [0.2, 0.25) is 0 Å². The second kappa shape index (κ2) is 6.62. The summed E-state index contributed by atoms with van der Waals surface area (Å²) in [5.41, 5.74) is 3.28. The van der Waals surface area contributed by atoms with E-state index in [1.165, 1.54) is 30.5 Å². The van der Waals surface area contributed by atoms with Crippen molar-refractivity contribution in [3.63, 3.8) is 0 Å². The fraction of sp³-hybridized carbons (Fsp3) is 0.667. The predicted molar refractivity (Wildman–Crippen MR) is 88.3 cm³/mol. The van der Waals surface area contributed by atoms with E-state index in [0.29, 0.717) is 11.5 Å². The molecule has 1 heterocycles. The molecule has 0 bridgehead atoms. The topological polar surface area (TPSA) is 15.3 Å². The van der Waals surface area contributed by atoms with E-state index in [4.69, 9.17) is 0 Å². The Labute approximate surface area is 124 Å². The van der Waals surface area contributed by atoms with Gasteiger partial charge in [0.15, 0.2) is 0 Å². The minimum atomic E-state index is 0.398. The summed E-state index contributed by atoms with van der Waals surface area (Å²) in [5, 5.41) is 3.72. The second-order valence-corrected chi connectivity index (χ2v) is 7.25. The SMILES string of the molecule is CCCC1CN(CCC(C)(C)C)c2ccccc2CN1. The molecule has 2 nitrogen and oxygen atoms in total. The zero-order chi connectivity index (χ0) is 14.6. The highest BCUT2D eigenvalue weighted by atomic mass is 15.2. The highest BCUT2D eigenvalue weighted by molar-refractivity contribution is 5.54. The van der Waals surface area contributed by atoms with E-state index < -0.39 is 0 Å². The van der Waals surface area contributed by atoms with E-state index in [-0.39, 0.29) is 0 Å². The van der Waals surface area contributed by atoms with Gasteiger partial charge in [-0.2, -0.15) is 0 Å². The first kappa shape index (κ1) is 15.4. The van der Waals surface area contributed by atoms with Gasteiger partial charge in [0, 0.05) is 31.4 Å². The fourth-order valence-electron chi connectivity index (χ4n) is 2.88. The molecule has 1 atom stereocenters. The average Bonchev–Trinajstić information content (AvgIpc) is 2.56. The molecule has 20 heavy (non-hydrogen) atoms. The van der Waals surface area contributed by atoms with Crippen LogP contribution in [0.2, 0.25) is 0 Å². The molecule has 2 heteroatoms. The van der Waals surface area contributed by atoms with Crippen LogP contribution in [-0.4, -0.2) is 19.1 Å². The first-order chi connectivity index (χ1) is 9.49. The number of para-hydroxylation sites is 1. The first-order valence-corrected chi connectivity index (χ1v) is 8.06. The summed E-state index contributed by atoms with van der Waals surface area (Å²) >= 11 is 0. The summed E-state index contributed by atoms with van der Waals surface area (Å²) in [7, 11) is 0. The minimum absolute atomic E-state index is 0.398. The smallest absolute Gasteiger partial charge is 0.0412 e. The summed E-state index contributed by atoms with van der Waals surface area (Å²) < 4.78 is 0. The lowest BCUT2D eigenvalue weighted by molar-refractivity contribution is 0.374. The summed E-state index contributed by atoms with van der Waals surface area (Å²) in [6, 6.07) is 9.49. The molecular formula is C18H30N2. The van der Waals surface area contributed by atoms with Crippen LogP contribution in [0.1, 0.15) is 52.5 Å². The molecule has 0 fully saturated rings. The van der Waals surface area contributed by atoms with Gasteiger partial charge < -0.3 is 10.2 Å². The minimum Gasteiger partial charge on any atom is -0.370 e. The van der Waals surface area contributed by atoms with Crippen molar-refractivity contribution in [3.05, 3.63) is 29.8 Å². The Bertz CT molecular complexity index is 420. The number of hydrogen-bond donors (Lipinski definition) is 1. The van der Waals surface area contributed by atoms with Crippen LogP contribution in [0.3, 0.4) is 0 Å². The van der Waals surface area contributed by atoms with E-state index in [9.17, 15) is 0 Å². The molecular weight excluding hydrogens is 244 g/mol. The van der Waals surface area contributed by atoms with Crippen LogP contribution in [-0.2, 0) is 6.54 Å². The van der Waals surface area contributed by atoms with Gasteiger partial charge in [0.1, 0.15) is 0 Å². The average molecular weight is 274 g/mol. The Balaban J connectivity index is 2.15. The first-order valence-electron chi connectivity index (χ1n) is 8.06. The third-order valence-corrected chi connectivity index (χ3v) is 4.12. The molecule has 1 aliphatic heterocycles. The second-order valence-electron chi connectivity index (χ2n) is 7.25. The van der Waals surface area contributed by atoms with E-state index in [2.05, 4.69) is 62.2 Å². The molecule has 2 rings (SSSR count). The Hall–Kier alpha value is -1.02. The number of nitrogens with zero attached hydrogens (tertiary/aromatic N) is 1. The van der Waals surface area contributed by atoms with E-state index in [0.717, 1.165) is 19.6 Å². The summed E-state index contributed by atoms with van der Waals surface area (Å²) in [6.45, 7) is 12.6. The van der Waals surface area contributed by atoms with Crippen molar-refractivity contribution in [2.45, 2.75) is 59.5 Å². The van der Waals surface area contributed by atoms with Gasteiger partial charge in [-0.25, -0.2) is 0 Å². The van der Waals surface area contributed by atoms with Crippen molar-refractivity contribution in [2.75, 3.05) is 18.0 Å². The van der Waals surface area contributed by atoms with Gasteiger partial charge in [-0.15, -0.1) is 0 Å². The number of nitrogens with one attached hydrogen (secondary N) is 1. The van der Waals surface area contributed by atoms with Crippen molar-refractivity contribution < 1.29 is 0 Å². The van der Waals surface area contributed by atoms with Crippen LogP contribution >= 0.6 is 0 Å². The molecule has 1 aromatic rings. The molecule has 0 aliphatic carbocycles. The monoisotopic (exact) mass is 274 g/mol. The largest absolute Gasteiger partial charge is 0.370 e. The van der Waals surface area contributed by atoms with Gasteiger partial charge in [-0.05, 0) is 29.9 Å². The number of anilines is 1. The maximum absolute atomic E-state index is 3.72. The standard InChI is InChI=1S/C18H30N2/c1-5-8-16-14-20(12-11-18(2,3)4)17-10-7-6-9-15(17)13-19-16/h6-7,9-10,16,19H,5,8,11-14H2,1-4H3.